The van der Waals surface area contributed by atoms with Gasteiger partial charge in [-0.2, -0.15) is 0 Å². The van der Waals surface area contributed by atoms with E-state index in [1.807, 2.05) is 0 Å². The van der Waals surface area contributed by atoms with Crippen molar-refractivity contribution in [3.63, 3.8) is 0 Å². The van der Waals surface area contributed by atoms with Crippen LogP contribution in [-0.4, -0.2) is 24.4 Å². The van der Waals surface area contributed by atoms with Gasteiger partial charge in [0.15, 0.2) is 0 Å². The third-order valence-corrected chi connectivity index (χ3v) is 1.48. The van der Waals surface area contributed by atoms with E-state index in [1.165, 1.54) is 6.42 Å². The van der Waals surface area contributed by atoms with Gasteiger partial charge in [0.2, 0.25) is 0 Å². The predicted molar refractivity (Wildman–Crippen MR) is 35.7 cm³/mol. The molecule has 0 saturated carbocycles. The molecule has 0 spiro atoms. The van der Waals surface area contributed by atoms with Gasteiger partial charge in [-0.05, 0) is 19.3 Å². The van der Waals surface area contributed by atoms with Crippen LogP contribution < -0.4 is 6.15 Å². The first-order chi connectivity index (χ1) is 3.93. The minimum atomic E-state index is 0. The molecule has 0 aromatic heterocycles. The van der Waals surface area contributed by atoms with E-state index in [-0.39, 0.29) is 12.8 Å². The molecule has 56 valence electrons. The number of aliphatic hydroxyl groups excluding tert-OH is 1. The minimum Gasteiger partial charge on any atom is -0.396 e. The number of rotatable bonds is 2. The van der Waals surface area contributed by atoms with E-state index in [1.54, 1.807) is 0 Å². The van der Waals surface area contributed by atoms with Crippen LogP contribution in [0.15, 0.2) is 0 Å². The van der Waals surface area contributed by atoms with Crippen LogP contribution in [0, 0.1) is 0 Å². The molecule has 3 nitrogen and oxygen atoms in total. The third kappa shape index (κ3) is 2.79. The fourth-order valence-electron chi connectivity index (χ4n) is 1.02. The van der Waals surface area contributed by atoms with Crippen molar-refractivity contribution in [1.29, 1.82) is 0 Å². The zero-order valence-electron chi connectivity index (χ0n) is 5.68. The van der Waals surface area contributed by atoms with E-state index < -0.39 is 0 Å². The molecule has 0 aromatic carbocycles. The molecule has 1 saturated heterocycles. The van der Waals surface area contributed by atoms with Crippen molar-refractivity contribution < 1.29 is 9.84 Å². The van der Waals surface area contributed by atoms with Crippen molar-refractivity contribution in [3.05, 3.63) is 0 Å². The van der Waals surface area contributed by atoms with Gasteiger partial charge in [-0.25, -0.2) is 0 Å². The Balaban J connectivity index is 0.000000640. The zero-order chi connectivity index (χ0) is 5.82. The molecule has 1 atom stereocenters. The summed E-state index contributed by atoms with van der Waals surface area (Å²) in [6.45, 7) is 1.16. The first kappa shape index (κ1) is 8.88. The summed E-state index contributed by atoms with van der Waals surface area (Å²) in [7, 11) is 0. The van der Waals surface area contributed by atoms with Crippen molar-refractivity contribution in [3.8, 4) is 0 Å². The molecule has 0 bridgehead atoms. The molecule has 1 aliphatic rings. The lowest BCUT2D eigenvalue weighted by atomic mass is 10.2. The van der Waals surface area contributed by atoms with E-state index in [9.17, 15) is 0 Å². The Morgan fingerprint density at radius 3 is 2.78 bits per heavy atom. The molecule has 0 amide bonds. The van der Waals surface area contributed by atoms with Crippen molar-refractivity contribution in [2.24, 2.45) is 0 Å². The molecule has 9 heavy (non-hydrogen) atoms. The Hall–Kier alpha value is -0.120. The van der Waals surface area contributed by atoms with Crippen LogP contribution in [0.25, 0.3) is 0 Å². The van der Waals surface area contributed by atoms with Gasteiger partial charge < -0.3 is 16.0 Å². The highest BCUT2D eigenvalue weighted by Crippen LogP contribution is 2.13. The number of hydrogen-bond acceptors (Lipinski definition) is 3. The molecule has 0 aromatic rings. The highest BCUT2D eigenvalue weighted by Gasteiger charge is 2.13. The first-order valence-corrected chi connectivity index (χ1v) is 3.16. The lowest BCUT2D eigenvalue weighted by molar-refractivity contribution is 0.0868. The minimum absolute atomic E-state index is 0. The van der Waals surface area contributed by atoms with Crippen molar-refractivity contribution in [1.82, 2.24) is 6.15 Å². The third-order valence-electron chi connectivity index (χ3n) is 1.48. The Bertz CT molecular complexity index is 62.1. The van der Waals surface area contributed by atoms with Crippen LogP contribution in [0.3, 0.4) is 0 Å². The van der Waals surface area contributed by atoms with E-state index >= 15 is 0 Å². The maximum atomic E-state index is 8.45. The fraction of sp³-hybridized carbons (Fsp3) is 1.00. The smallest absolute Gasteiger partial charge is 0.0597 e. The van der Waals surface area contributed by atoms with E-state index in [4.69, 9.17) is 9.84 Å². The molecule has 4 N–H and O–H groups in total. The van der Waals surface area contributed by atoms with Crippen LogP contribution in [0.1, 0.15) is 19.3 Å². The Labute approximate surface area is 55.6 Å². The Morgan fingerprint density at radius 1 is 1.56 bits per heavy atom. The summed E-state index contributed by atoms with van der Waals surface area (Å²) in [6, 6.07) is 0. The summed E-state index contributed by atoms with van der Waals surface area (Å²) in [4.78, 5) is 0. The number of ether oxygens (including phenoxy) is 1. The maximum Gasteiger partial charge on any atom is 0.0597 e. The monoisotopic (exact) mass is 133 g/mol. The average Bonchev–Trinajstić information content (AvgIpc) is 2.19. The summed E-state index contributed by atoms with van der Waals surface area (Å²) in [5.41, 5.74) is 0. The topological polar surface area (TPSA) is 64.5 Å². The van der Waals surface area contributed by atoms with Crippen LogP contribution in [0.2, 0.25) is 0 Å². The SMILES string of the molecule is N.OCCC1CCCO1. The summed E-state index contributed by atoms with van der Waals surface area (Å²) in [5.74, 6) is 0. The van der Waals surface area contributed by atoms with Crippen LogP contribution in [0.4, 0.5) is 0 Å². The van der Waals surface area contributed by atoms with Crippen LogP contribution >= 0.6 is 0 Å². The standard InChI is InChI=1S/C6H12O2.H3N/c7-4-3-6-2-1-5-8-6;/h6-7H,1-5H2;1H3. The number of hydrogen-bond donors (Lipinski definition) is 2. The van der Waals surface area contributed by atoms with Crippen molar-refractivity contribution >= 4 is 0 Å². The molecule has 1 unspecified atom stereocenters. The normalized spacial score (nSPS) is 25.7. The highest BCUT2D eigenvalue weighted by atomic mass is 16.5. The molecular formula is C6H15NO2. The molecular weight excluding hydrogens is 118 g/mol. The lowest BCUT2D eigenvalue weighted by Crippen LogP contribution is -2.06. The highest BCUT2D eigenvalue weighted by molar-refractivity contribution is 4.63. The van der Waals surface area contributed by atoms with Gasteiger partial charge in [0, 0.05) is 13.2 Å². The molecule has 1 heterocycles. The van der Waals surface area contributed by atoms with Gasteiger partial charge in [-0.1, -0.05) is 0 Å². The summed E-state index contributed by atoms with van der Waals surface area (Å²) in [6.07, 6.45) is 3.49. The zero-order valence-corrected chi connectivity index (χ0v) is 5.68. The first-order valence-electron chi connectivity index (χ1n) is 3.16. The van der Waals surface area contributed by atoms with Crippen LogP contribution in [-0.2, 0) is 4.74 Å². The number of aliphatic hydroxyl groups is 1. The average molecular weight is 133 g/mol. The molecule has 3 heteroatoms. The Morgan fingerprint density at radius 2 is 2.33 bits per heavy atom. The fourth-order valence-corrected chi connectivity index (χ4v) is 1.02. The van der Waals surface area contributed by atoms with E-state index in [0.717, 1.165) is 19.4 Å². The van der Waals surface area contributed by atoms with E-state index in [0.29, 0.717) is 6.10 Å². The van der Waals surface area contributed by atoms with Gasteiger partial charge in [0.25, 0.3) is 0 Å². The van der Waals surface area contributed by atoms with Gasteiger partial charge in [0.05, 0.1) is 6.10 Å². The second-order valence-electron chi connectivity index (χ2n) is 2.15. The van der Waals surface area contributed by atoms with Gasteiger partial charge in [-0.3, -0.25) is 0 Å². The lowest BCUT2D eigenvalue weighted by Gasteiger charge is -2.03. The predicted octanol–water partition coefficient (Wildman–Crippen LogP) is 0.710. The van der Waals surface area contributed by atoms with Crippen molar-refractivity contribution in [2.75, 3.05) is 13.2 Å². The second kappa shape index (κ2) is 4.73. The van der Waals surface area contributed by atoms with Crippen molar-refractivity contribution in [2.45, 2.75) is 25.4 Å². The second-order valence-corrected chi connectivity index (χ2v) is 2.15. The quantitative estimate of drug-likeness (QED) is 0.583. The molecule has 1 rings (SSSR count). The largest absolute Gasteiger partial charge is 0.396 e. The molecule has 0 radical (unpaired) electrons. The maximum absolute atomic E-state index is 8.45. The summed E-state index contributed by atoms with van der Waals surface area (Å²) in [5, 5.41) is 8.45. The van der Waals surface area contributed by atoms with E-state index in [2.05, 4.69) is 0 Å². The molecule has 1 fully saturated rings. The Kier molecular flexibility index (Phi) is 4.67. The van der Waals surface area contributed by atoms with Gasteiger partial charge in [0.1, 0.15) is 0 Å². The molecule has 1 aliphatic heterocycles. The van der Waals surface area contributed by atoms with Crippen LogP contribution in [0.5, 0.6) is 0 Å². The van der Waals surface area contributed by atoms with Gasteiger partial charge >= 0.3 is 0 Å². The summed E-state index contributed by atoms with van der Waals surface area (Å²) >= 11 is 0. The summed E-state index contributed by atoms with van der Waals surface area (Å²) < 4.78 is 5.23. The molecule has 0 aliphatic carbocycles. The van der Waals surface area contributed by atoms with Gasteiger partial charge in [-0.15, -0.1) is 0 Å².